The third-order valence-electron chi connectivity index (χ3n) is 3.05. The van der Waals surface area contributed by atoms with Gasteiger partial charge in [-0.3, -0.25) is 4.79 Å². The van der Waals surface area contributed by atoms with Crippen molar-refractivity contribution in [1.82, 2.24) is 4.57 Å². The van der Waals surface area contributed by atoms with E-state index in [1.165, 1.54) is 5.56 Å². The normalized spacial score (nSPS) is 12.9. The number of thiazole rings is 1. The van der Waals surface area contributed by atoms with Gasteiger partial charge in [0.25, 0.3) is 5.91 Å². The number of rotatable bonds is 2. The van der Waals surface area contributed by atoms with Gasteiger partial charge in [-0.2, -0.15) is 4.99 Å². The third-order valence-corrected chi connectivity index (χ3v) is 4.10. The van der Waals surface area contributed by atoms with Crippen LogP contribution in [0.15, 0.2) is 35.8 Å². The molecule has 1 heterocycles. The summed E-state index contributed by atoms with van der Waals surface area (Å²) in [6, 6.07) is 6.17. The van der Waals surface area contributed by atoms with Crippen LogP contribution in [0, 0.1) is 12.3 Å². The number of aryl methyl sites for hydroxylation is 1. The first-order valence-corrected chi connectivity index (χ1v) is 7.45. The lowest BCUT2D eigenvalue weighted by atomic mass is 9.96. The summed E-state index contributed by atoms with van der Waals surface area (Å²) in [5, 5.41) is 0. The second kappa shape index (κ2) is 5.37. The van der Waals surface area contributed by atoms with E-state index in [-0.39, 0.29) is 5.91 Å². The second-order valence-corrected chi connectivity index (χ2v) is 6.88. The number of hydrogen-bond acceptors (Lipinski definition) is 2. The van der Waals surface area contributed by atoms with Crippen molar-refractivity contribution in [1.29, 1.82) is 0 Å². The number of allylic oxidation sites excluding steroid dienone is 1. The van der Waals surface area contributed by atoms with Crippen LogP contribution in [0.25, 0.3) is 10.2 Å². The highest BCUT2D eigenvalue weighted by atomic mass is 32.1. The van der Waals surface area contributed by atoms with Gasteiger partial charge in [0.15, 0.2) is 4.80 Å². The van der Waals surface area contributed by atoms with Crippen molar-refractivity contribution in [3.8, 4) is 0 Å². The van der Waals surface area contributed by atoms with Crippen LogP contribution in [-0.2, 0) is 11.3 Å². The Morgan fingerprint density at radius 2 is 2.15 bits per heavy atom. The number of amides is 1. The van der Waals surface area contributed by atoms with E-state index in [9.17, 15) is 4.79 Å². The molecule has 0 radical (unpaired) electrons. The Kier molecular flexibility index (Phi) is 3.95. The van der Waals surface area contributed by atoms with Crippen molar-refractivity contribution in [3.05, 3.63) is 41.2 Å². The fraction of sp³-hybridized carbons (Fsp3) is 0.375. The number of benzene rings is 1. The van der Waals surface area contributed by atoms with Crippen LogP contribution in [0.4, 0.5) is 0 Å². The van der Waals surface area contributed by atoms with E-state index in [2.05, 4.69) is 35.2 Å². The highest BCUT2D eigenvalue weighted by Crippen LogP contribution is 2.21. The Labute approximate surface area is 123 Å². The van der Waals surface area contributed by atoms with Crippen molar-refractivity contribution < 1.29 is 4.79 Å². The molecule has 0 saturated heterocycles. The molecule has 2 rings (SSSR count). The van der Waals surface area contributed by atoms with Gasteiger partial charge in [-0.05, 0) is 18.6 Å². The number of hydrogen-bond donors (Lipinski definition) is 0. The summed E-state index contributed by atoms with van der Waals surface area (Å²) in [5.74, 6) is -0.0977. The average molecular weight is 288 g/mol. The number of aromatic nitrogens is 1. The van der Waals surface area contributed by atoms with Crippen LogP contribution in [0.1, 0.15) is 26.3 Å². The molecule has 0 fully saturated rings. The van der Waals surface area contributed by atoms with Gasteiger partial charge in [0.1, 0.15) is 0 Å². The zero-order valence-electron chi connectivity index (χ0n) is 12.4. The Hall–Kier alpha value is -1.68. The molecule has 0 aliphatic carbocycles. The van der Waals surface area contributed by atoms with Crippen LogP contribution in [0.5, 0.6) is 0 Å². The Morgan fingerprint density at radius 1 is 1.45 bits per heavy atom. The molecule has 1 aromatic heterocycles. The number of nitrogens with zero attached hydrogens (tertiary/aromatic N) is 2. The highest BCUT2D eigenvalue weighted by molar-refractivity contribution is 7.16. The first kappa shape index (κ1) is 14.7. The first-order chi connectivity index (χ1) is 9.34. The molecule has 1 amide bonds. The smallest absolute Gasteiger partial charge is 0.253 e. The van der Waals surface area contributed by atoms with E-state index in [0.29, 0.717) is 6.54 Å². The van der Waals surface area contributed by atoms with Crippen LogP contribution < -0.4 is 4.80 Å². The number of carbonyl (C=O) groups is 1. The lowest BCUT2D eigenvalue weighted by molar-refractivity contribution is -0.125. The Balaban J connectivity index is 2.73. The molecule has 0 bridgehead atoms. The summed E-state index contributed by atoms with van der Waals surface area (Å²) in [6.07, 6.45) is 1.83. The maximum atomic E-state index is 12.2. The topological polar surface area (TPSA) is 34.4 Å². The van der Waals surface area contributed by atoms with Crippen molar-refractivity contribution in [2.24, 2.45) is 10.4 Å². The number of fused-ring (bicyclic) bond motifs is 1. The summed E-state index contributed by atoms with van der Waals surface area (Å²) in [4.78, 5) is 17.2. The zero-order chi connectivity index (χ0) is 14.9. The Bertz CT molecular complexity index is 729. The third kappa shape index (κ3) is 2.75. The summed E-state index contributed by atoms with van der Waals surface area (Å²) >= 11 is 1.55. The molecule has 20 heavy (non-hydrogen) atoms. The van der Waals surface area contributed by atoms with Crippen LogP contribution in [-0.4, -0.2) is 10.5 Å². The molecule has 0 atom stereocenters. The summed E-state index contributed by atoms with van der Waals surface area (Å²) in [6.45, 7) is 12.2. The van der Waals surface area contributed by atoms with Crippen LogP contribution >= 0.6 is 11.3 Å². The van der Waals surface area contributed by atoms with Crippen molar-refractivity contribution in [3.63, 3.8) is 0 Å². The largest absolute Gasteiger partial charge is 0.312 e. The van der Waals surface area contributed by atoms with E-state index in [0.717, 1.165) is 15.0 Å². The SMILES string of the molecule is C=CCn1c(=NC(=O)C(C)(C)C)sc2cccc(C)c21. The van der Waals surface area contributed by atoms with E-state index in [1.807, 2.05) is 32.9 Å². The molecule has 0 N–H and O–H groups in total. The fourth-order valence-corrected chi connectivity index (χ4v) is 3.06. The second-order valence-electron chi connectivity index (χ2n) is 5.87. The molecule has 0 aliphatic rings. The Morgan fingerprint density at radius 3 is 2.75 bits per heavy atom. The van der Waals surface area contributed by atoms with Gasteiger partial charge in [0, 0.05) is 12.0 Å². The van der Waals surface area contributed by atoms with Crippen LogP contribution in [0.2, 0.25) is 0 Å². The number of para-hydroxylation sites is 1. The van der Waals surface area contributed by atoms with Crippen molar-refractivity contribution in [2.45, 2.75) is 34.2 Å². The van der Waals surface area contributed by atoms with E-state index in [1.54, 1.807) is 11.3 Å². The molecular formula is C16H20N2OS. The number of carbonyl (C=O) groups excluding carboxylic acids is 1. The lowest BCUT2D eigenvalue weighted by Gasteiger charge is -2.11. The predicted molar refractivity (Wildman–Crippen MR) is 84.8 cm³/mol. The molecule has 1 aromatic carbocycles. The average Bonchev–Trinajstić information content (AvgIpc) is 2.68. The lowest BCUT2D eigenvalue weighted by Crippen LogP contribution is -2.23. The zero-order valence-corrected chi connectivity index (χ0v) is 13.3. The maximum Gasteiger partial charge on any atom is 0.253 e. The molecular weight excluding hydrogens is 268 g/mol. The molecule has 4 heteroatoms. The van der Waals surface area contributed by atoms with Gasteiger partial charge >= 0.3 is 0 Å². The predicted octanol–water partition coefficient (Wildman–Crippen LogP) is 3.67. The first-order valence-electron chi connectivity index (χ1n) is 6.63. The minimum atomic E-state index is -0.461. The van der Waals surface area contributed by atoms with E-state index in [4.69, 9.17) is 0 Å². The molecule has 0 saturated carbocycles. The van der Waals surface area contributed by atoms with Crippen LogP contribution in [0.3, 0.4) is 0 Å². The molecule has 2 aromatic rings. The quantitative estimate of drug-likeness (QED) is 0.776. The highest BCUT2D eigenvalue weighted by Gasteiger charge is 2.21. The molecule has 0 unspecified atom stereocenters. The van der Waals surface area contributed by atoms with Gasteiger partial charge in [0.2, 0.25) is 0 Å². The van der Waals surface area contributed by atoms with Gasteiger partial charge in [-0.1, -0.05) is 50.3 Å². The summed E-state index contributed by atoms with van der Waals surface area (Å²) < 4.78 is 3.21. The van der Waals surface area contributed by atoms with Crippen molar-refractivity contribution >= 4 is 27.5 Å². The summed E-state index contributed by atoms with van der Waals surface area (Å²) in [5.41, 5.74) is 1.86. The van der Waals surface area contributed by atoms with Crippen molar-refractivity contribution in [2.75, 3.05) is 0 Å². The fourth-order valence-electron chi connectivity index (χ4n) is 1.95. The van der Waals surface area contributed by atoms with Gasteiger partial charge in [0.05, 0.1) is 10.2 Å². The van der Waals surface area contributed by atoms with Gasteiger partial charge < -0.3 is 4.57 Å². The maximum absolute atomic E-state index is 12.2. The minimum Gasteiger partial charge on any atom is -0.312 e. The monoisotopic (exact) mass is 288 g/mol. The van der Waals surface area contributed by atoms with Gasteiger partial charge in [-0.15, -0.1) is 6.58 Å². The van der Waals surface area contributed by atoms with E-state index < -0.39 is 5.41 Å². The summed E-state index contributed by atoms with van der Waals surface area (Å²) in [7, 11) is 0. The minimum absolute atomic E-state index is 0.0977. The molecule has 3 nitrogen and oxygen atoms in total. The molecule has 0 spiro atoms. The molecule has 106 valence electrons. The van der Waals surface area contributed by atoms with E-state index >= 15 is 0 Å². The molecule has 0 aliphatic heterocycles. The van der Waals surface area contributed by atoms with Gasteiger partial charge in [-0.25, -0.2) is 0 Å². The standard InChI is InChI=1S/C16H20N2OS/c1-6-10-18-13-11(2)8-7-9-12(13)20-15(18)17-14(19)16(3,4)5/h6-9H,1,10H2,2-5H3.